The number of carbonyl (C=O) groups is 3. The number of pyridine rings is 1. The van der Waals surface area contributed by atoms with E-state index in [1.165, 1.54) is 23.5 Å². The summed E-state index contributed by atoms with van der Waals surface area (Å²) in [7, 11) is 0. The second-order valence-electron chi connectivity index (χ2n) is 11.7. The Labute approximate surface area is 248 Å². The van der Waals surface area contributed by atoms with Crippen LogP contribution in [0, 0.1) is 17.7 Å². The van der Waals surface area contributed by atoms with Crippen molar-refractivity contribution in [2.24, 2.45) is 11.8 Å². The van der Waals surface area contributed by atoms with Crippen LogP contribution in [0.25, 0.3) is 22.4 Å². The second kappa shape index (κ2) is 12.3. The van der Waals surface area contributed by atoms with Crippen LogP contribution in [0.4, 0.5) is 15.3 Å². The van der Waals surface area contributed by atoms with Crippen LogP contribution in [-0.4, -0.2) is 45.4 Å². The summed E-state index contributed by atoms with van der Waals surface area (Å²) >= 11 is 1.32. The Balaban J connectivity index is 1.28. The molecule has 8 nitrogen and oxygen atoms in total. The van der Waals surface area contributed by atoms with E-state index in [9.17, 15) is 23.9 Å². The van der Waals surface area contributed by atoms with Gasteiger partial charge in [-0.25, -0.2) is 14.4 Å². The Morgan fingerprint density at radius 3 is 2.57 bits per heavy atom. The van der Waals surface area contributed by atoms with E-state index in [-0.39, 0.29) is 24.3 Å². The summed E-state index contributed by atoms with van der Waals surface area (Å²) in [5, 5.41) is 11.9. The van der Waals surface area contributed by atoms with Gasteiger partial charge in [0, 0.05) is 47.6 Å². The van der Waals surface area contributed by atoms with E-state index in [1.54, 1.807) is 22.1 Å². The van der Waals surface area contributed by atoms with E-state index in [1.807, 2.05) is 17.5 Å². The number of anilines is 2. The Bertz CT molecular complexity index is 1470. The number of piperidine rings is 1. The first-order chi connectivity index (χ1) is 20.4. The van der Waals surface area contributed by atoms with Crippen LogP contribution in [-0.2, 0) is 14.4 Å². The quantitative estimate of drug-likeness (QED) is 0.282. The third kappa shape index (κ3) is 6.23. The molecule has 0 unspecified atom stereocenters. The lowest BCUT2D eigenvalue weighted by Crippen LogP contribution is -2.39. The highest BCUT2D eigenvalue weighted by molar-refractivity contribution is 7.14. The van der Waals surface area contributed by atoms with Gasteiger partial charge in [0.2, 0.25) is 11.8 Å². The number of thiazole rings is 1. The predicted octanol–water partition coefficient (Wildman–Crippen LogP) is 6.69. The number of carboxylic acids is 1. The lowest BCUT2D eigenvalue weighted by molar-refractivity contribution is -0.141. The van der Waals surface area contributed by atoms with Crippen molar-refractivity contribution in [3.05, 3.63) is 47.7 Å². The Hall–Kier alpha value is -3.66. The van der Waals surface area contributed by atoms with Crippen LogP contribution < -0.4 is 9.80 Å². The molecule has 1 aliphatic heterocycles. The highest BCUT2D eigenvalue weighted by atomic mass is 32.1. The number of carbonyl (C=O) groups excluding carboxylic acids is 2. The van der Waals surface area contributed by atoms with Crippen molar-refractivity contribution in [1.29, 1.82) is 0 Å². The van der Waals surface area contributed by atoms with E-state index in [2.05, 4.69) is 4.98 Å². The zero-order chi connectivity index (χ0) is 29.2. The fourth-order valence-electron chi connectivity index (χ4n) is 6.32. The maximum absolute atomic E-state index is 14.5. The number of carboxylic acid groups (broad SMARTS) is 1. The third-order valence-electron chi connectivity index (χ3n) is 8.63. The number of aliphatic carboxylic acids is 1. The Kier molecular flexibility index (Phi) is 8.33. The van der Waals surface area contributed by atoms with Crippen LogP contribution in [0.5, 0.6) is 0 Å². The summed E-state index contributed by atoms with van der Waals surface area (Å²) in [6.45, 7) is 0.652. The molecule has 1 aromatic carbocycles. The molecule has 3 aliphatic rings. The summed E-state index contributed by atoms with van der Waals surface area (Å²) in [6, 6.07) is 8.24. The topological polar surface area (TPSA) is 104 Å². The van der Waals surface area contributed by atoms with Crippen molar-refractivity contribution in [2.75, 3.05) is 16.3 Å². The monoisotopic (exact) mass is 590 g/mol. The molecule has 2 amide bonds. The van der Waals surface area contributed by atoms with Gasteiger partial charge in [-0.3, -0.25) is 24.2 Å². The van der Waals surface area contributed by atoms with Crippen molar-refractivity contribution in [2.45, 2.75) is 76.7 Å². The molecule has 42 heavy (non-hydrogen) atoms. The molecule has 3 heterocycles. The minimum absolute atomic E-state index is 0.0117. The minimum atomic E-state index is -0.962. The summed E-state index contributed by atoms with van der Waals surface area (Å²) < 4.78 is 14.5. The van der Waals surface area contributed by atoms with Gasteiger partial charge in [-0.1, -0.05) is 31.7 Å². The fraction of sp³-hybridized carbons (Fsp3) is 0.469. The number of hydrogen-bond donors (Lipinski definition) is 1. The summed E-state index contributed by atoms with van der Waals surface area (Å²) in [6.07, 6.45) is 10.5. The molecule has 0 bridgehead atoms. The molecule has 220 valence electrons. The van der Waals surface area contributed by atoms with E-state index < -0.39 is 17.7 Å². The molecule has 0 spiro atoms. The highest BCUT2D eigenvalue weighted by Gasteiger charge is 2.40. The molecule has 1 atom stereocenters. The molecule has 3 fully saturated rings. The fourth-order valence-corrected chi connectivity index (χ4v) is 7.22. The number of nitrogens with zero attached hydrogens (tertiary/aromatic N) is 4. The molecule has 3 aromatic rings. The van der Waals surface area contributed by atoms with E-state index in [0.29, 0.717) is 47.5 Å². The Morgan fingerprint density at radius 2 is 1.88 bits per heavy atom. The molecule has 2 aliphatic carbocycles. The first-order valence-electron chi connectivity index (χ1n) is 14.9. The van der Waals surface area contributed by atoms with E-state index >= 15 is 0 Å². The van der Waals surface area contributed by atoms with E-state index in [4.69, 9.17) is 4.98 Å². The van der Waals surface area contributed by atoms with Gasteiger partial charge in [-0.2, -0.15) is 0 Å². The first-order valence-corrected chi connectivity index (χ1v) is 15.8. The lowest BCUT2D eigenvalue weighted by Gasteiger charge is -2.26. The van der Waals surface area contributed by atoms with Gasteiger partial charge in [0.05, 0.1) is 12.1 Å². The Morgan fingerprint density at radius 1 is 1.07 bits per heavy atom. The van der Waals surface area contributed by atoms with Gasteiger partial charge >= 0.3 is 5.97 Å². The van der Waals surface area contributed by atoms with Crippen molar-refractivity contribution < 1.29 is 23.9 Å². The van der Waals surface area contributed by atoms with Gasteiger partial charge in [0.15, 0.2) is 5.13 Å². The minimum Gasteiger partial charge on any atom is -0.481 e. The van der Waals surface area contributed by atoms with Gasteiger partial charge in [0.25, 0.3) is 0 Å². The average molecular weight is 591 g/mol. The smallest absolute Gasteiger partial charge is 0.304 e. The normalized spacial score (nSPS) is 18.3. The van der Waals surface area contributed by atoms with Crippen molar-refractivity contribution in [1.82, 2.24) is 9.97 Å². The first kappa shape index (κ1) is 28.5. The molecule has 10 heteroatoms. The molecule has 6 rings (SSSR count). The van der Waals surface area contributed by atoms with Crippen LogP contribution in [0.1, 0.15) is 70.6 Å². The van der Waals surface area contributed by atoms with Gasteiger partial charge in [0.1, 0.15) is 11.6 Å². The molecule has 1 saturated heterocycles. The molecule has 0 radical (unpaired) electrons. The van der Waals surface area contributed by atoms with Gasteiger partial charge in [-0.05, 0) is 67.9 Å². The van der Waals surface area contributed by atoms with Gasteiger partial charge < -0.3 is 5.11 Å². The van der Waals surface area contributed by atoms with Crippen molar-refractivity contribution >= 4 is 40.1 Å². The van der Waals surface area contributed by atoms with Crippen molar-refractivity contribution in [3.63, 3.8) is 0 Å². The van der Waals surface area contributed by atoms with Crippen LogP contribution in [0.15, 0.2) is 41.9 Å². The van der Waals surface area contributed by atoms with Crippen LogP contribution >= 0.6 is 11.3 Å². The number of benzene rings is 1. The average Bonchev–Trinajstić information content (AvgIpc) is 3.45. The SMILES string of the molecule is O=C(O)C[C@@H](CC1CCCC1)C(=O)N(c1nc(-c2cc(F)ccc2-c2ccc(N3CCCCC3=O)nc2)cs1)C1CC1. The number of amides is 2. The number of hydrogen-bond acceptors (Lipinski definition) is 6. The summed E-state index contributed by atoms with van der Waals surface area (Å²) in [5.74, 6) is -1.05. The van der Waals surface area contributed by atoms with E-state index in [0.717, 1.165) is 62.5 Å². The standard InChI is InChI=1S/C32H35FN4O4S/c33-23-9-12-25(21-8-13-28(34-18-21)36-14-4-3-7-29(36)38)26(17-23)27-19-42-32(35-27)37(24-10-11-24)31(41)22(16-30(39)40)15-20-5-1-2-6-20/h8-9,12-13,17-20,22,24H,1-7,10-11,14-16H2,(H,39,40)/t22-/m1/s1. The maximum atomic E-state index is 14.5. The molecular weight excluding hydrogens is 555 g/mol. The number of rotatable bonds is 10. The molecule has 2 aromatic heterocycles. The highest BCUT2D eigenvalue weighted by Crippen LogP contribution is 2.41. The van der Waals surface area contributed by atoms with Gasteiger partial charge in [-0.15, -0.1) is 11.3 Å². The second-order valence-corrected chi connectivity index (χ2v) is 12.6. The molecule has 1 N–H and O–H groups in total. The largest absolute Gasteiger partial charge is 0.481 e. The molecule has 2 saturated carbocycles. The van der Waals surface area contributed by atoms with Crippen LogP contribution in [0.3, 0.4) is 0 Å². The predicted molar refractivity (Wildman–Crippen MR) is 160 cm³/mol. The lowest BCUT2D eigenvalue weighted by atomic mass is 9.90. The van der Waals surface area contributed by atoms with Crippen LogP contribution in [0.2, 0.25) is 0 Å². The zero-order valence-corrected chi connectivity index (χ0v) is 24.3. The summed E-state index contributed by atoms with van der Waals surface area (Å²) in [5.41, 5.74) is 2.63. The zero-order valence-electron chi connectivity index (χ0n) is 23.5. The third-order valence-corrected chi connectivity index (χ3v) is 9.47. The number of halogens is 1. The summed E-state index contributed by atoms with van der Waals surface area (Å²) in [4.78, 5) is 50.7. The maximum Gasteiger partial charge on any atom is 0.304 e. The number of aromatic nitrogens is 2. The van der Waals surface area contributed by atoms with Crippen molar-refractivity contribution in [3.8, 4) is 22.4 Å². The molecular formula is C32H35FN4O4S.